The maximum Gasteiger partial charge on any atom is 0.180 e. The van der Waals surface area contributed by atoms with Crippen LogP contribution in [0.4, 0.5) is 0 Å². The standard InChI is InChI=1S/C15H10N4/c1-2-6-11(7-3-1)13-10-15-16-17-18-19(15)14-9-5-4-8-12(13)14/h1-10H. The second kappa shape index (κ2) is 3.88. The van der Waals surface area contributed by atoms with Crippen molar-refractivity contribution >= 4 is 16.6 Å². The molecule has 0 amide bonds. The van der Waals surface area contributed by atoms with Crippen molar-refractivity contribution in [2.45, 2.75) is 0 Å². The Morgan fingerprint density at radius 3 is 2.53 bits per heavy atom. The van der Waals surface area contributed by atoms with Gasteiger partial charge in [-0.25, -0.2) is 0 Å². The molecule has 0 saturated heterocycles. The molecule has 0 saturated carbocycles. The van der Waals surface area contributed by atoms with Gasteiger partial charge in [-0.05, 0) is 33.7 Å². The van der Waals surface area contributed by atoms with Crippen molar-refractivity contribution in [3.8, 4) is 11.1 Å². The highest BCUT2D eigenvalue weighted by Crippen LogP contribution is 2.29. The maximum absolute atomic E-state index is 4.06. The van der Waals surface area contributed by atoms with Crippen molar-refractivity contribution in [3.63, 3.8) is 0 Å². The second-order valence-electron chi connectivity index (χ2n) is 4.39. The lowest BCUT2D eigenvalue weighted by Gasteiger charge is -2.07. The van der Waals surface area contributed by atoms with Crippen molar-refractivity contribution in [2.75, 3.05) is 0 Å². The zero-order valence-electron chi connectivity index (χ0n) is 10.1. The first kappa shape index (κ1) is 10.2. The number of tetrazole rings is 1. The summed E-state index contributed by atoms with van der Waals surface area (Å²) in [6.45, 7) is 0. The van der Waals surface area contributed by atoms with E-state index < -0.39 is 0 Å². The number of hydrogen-bond acceptors (Lipinski definition) is 3. The summed E-state index contributed by atoms with van der Waals surface area (Å²) in [7, 11) is 0. The highest BCUT2D eigenvalue weighted by atomic mass is 15.5. The van der Waals surface area contributed by atoms with E-state index in [2.05, 4.69) is 33.7 Å². The minimum atomic E-state index is 0.762. The Hall–Kier alpha value is -2.75. The Kier molecular flexibility index (Phi) is 2.08. The molecule has 2 aromatic heterocycles. The van der Waals surface area contributed by atoms with Crippen molar-refractivity contribution in [3.05, 3.63) is 60.7 Å². The van der Waals surface area contributed by atoms with Crippen LogP contribution < -0.4 is 0 Å². The molecule has 4 aromatic rings. The van der Waals surface area contributed by atoms with Gasteiger partial charge in [0.15, 0.2) is 5.65 Å². The topological polar surface area (TPSA) is 43.1 Å². The van der Waals surface area contributed by atoms with Crippen LogP contribution in [0.2, 0.25) is 0 Å². The first-order valence-electron chi connectivity index (χ1n) is 6.09. The van der Waals surface area contributed by atoms with Crippen LogP contribution in [0.25, 0.3) is 27.7 Å². The average Bonchev–Trinajstić information content (AvgIpc) is 2.96. The number of rotatable bonds is 1. The molecule has 0 radical (unpaired) electrons. The number of nitrogens with zero attached hydrogens (tertiary/aromatic N) is 4. The number of hydrogen-bond donors (Lipinski definition) is 0. The molecule has 4 heteroatoms. The van der Waals surface area contributed by atoms with E-state index in [0.29, 0.717) is 0 Å². The Morgan fingerprint density at radius 1 is 0.842 bits per heavy atom. The fourth-order valence-electron chi connectivity index (χ4n) is 2.41. The van der Waals surface area contributed by atoms with E-state index in [0.717, 1.165) is 22.1 Å². The molecule has 4 nitrogen and oxygen atoms in total. The number of para-hydroxylation sites is 1. The van der Waals surface area contributed by atoms with Crippen LogP contribution in [0.15, 0.2) is 60.7 Å². The summed E-state index contributed by atoms with van der Waals surface area (Å²) < 4.78 is 1.77. The predicted octanol–water partition coefficient (Wildman–Crippen LogP) is 2.94. The van der Waals surface area contributed by atoms with Crippen LogP contribution in [0, 0.1) is 0 Å². The van der Waals surface area contributed by atoms with E-state index in [1.807, 2.05) is 42.5 Å². The van der Waals surface area contributed by atoms with Gasteiger partial charge in [-0.3, -0.25) is 0 Å². The van der Waals surface area contributed by atoms with Gasteiger partial charge in [-0.2, -0.15) is 4.52 Å². The summed E-state index contributed by atoms with van der Waals surface area (Å²) in [4.78, 5) is 0. The predicted molar refractivity (Wildman–Crippen MR) is 73.7 cm³/mol. The molecule has 2 aromatic carbocycles. The highest BCUT2D eigenvalue weighted by molar-refractivity contribution is 5.96. The molecule has 0 bridgehead atoms. The zero-order chi connectivity index (χ0) is 12.7. The third-order valence-electron chi connectivity index (χ3n) is 3.27. The Balaban J connectivity index is 2.19. The second-order valence-corrected chi connectivity index (χ2v) is 4.39. The first-order chi connectivity index (χ1) is 9.43. The summed E-state index contributed by atoms with van der Waals surface area (Å²) in [5.74, 6) is 0. The molecular weight excluding hydrogens is 236 g/mol. The summed E-state index contributed by atoms with van der Waals surface area (Å²) in [6.07, 6.45) is 0. The van der Waals surface area contributed by atoms with Crippen molar-refractivity contribution in [1.29, 1.82) is 0 Å². The lowest BCUT2D eigenvalue weighted by molar-refractivity contribution is 0.842. The molecule has 19 heavy (non-hydrogen) atoms. The van der Waals surface area contributed by atoms with Crippen molar-refractivity contribution in [2.24, 2.45) is 0 Å². The van der Waals surface area contributed by atoms with Gasteiger partial charge in [-0.1, -0.05) is 48.5 Å². The van der Waals surface area contributed by atoms with Gasteiger partial charge < -0.3 is 0 Å². The van der Waals surface area contributed by atoms with Crippen LogP contribution in [0.5, 0.6) is 0 Å². The maximum atomic E-state index is 4.06. The van der Waals surface area contributed by atoms with Crippen molar-refractivity contribution < 1.29 is 0 Å². The largest absolute Gasteiger partial charge is 0.193 e. The molecule has 2 heterocycles. The Bertz CT molecular complexity index is 865. The van der Waals surface area contributed by atoms with Crippen LogP contribution in [0.1, 0.15) is 0 Å². The zero-order valence-corrected chi connectivity index (χ0v) is 10.1. The van der Waals surface area contributed by atoms with Crippen LogP contribution in [0.3, 0.4) is 0 Å². The summed E-state index contributed by atoms with van der Waals surface area (Å²) in [5, 5.41) is 13.0. The fraction of sp³-hybridized carbons (Fsp3) is 0. The normalized spacial score (nSPS) is 11.2. The van der Waals surface area contributed by atoms with Gasteiger partial charge in [0.25, 0.3) is 0 Å². The first-order valence-corrected chi connectivity index (χ1v) is 6.09. The highest BCUT2D eigenvalue weighted by Gasteiger charge is 2.09. The third-order valence-corrected chi connectivity index (χ3v) is 3.27. The van der Waals surface area contributed by atoms with Crippen LogP contribution >= 0.6 is 0 Å². The van der Waals surface area contributed by atoms with Crippen LogP contribution in [-0.2, 0) is 0 Å². The average molecular weight is 246 g/mol. The Morgan fingerprint density at radius 2 is 1.63 bits per heavy atom. The van der Waals surface area contributed by atoms with Gasteiger partial charge in [0, 0.05) is 5.39 Å². The van der Waals surface area contributed by atoms with Gasteiger partial charge in [0.1, 0.15) is 0 Å². The lowest BCUT2D eigenvalue weighted by atomic mass is 10.0. The molecule has 0 fully saturated rings. The van der Waals surface area contributed by atoms with Gasteiger partial charge in [0.05, 0.1) is 5.52 Å². The van der Waals surface area contributed by atoms with Gasteiger partial charge in [-0.15, -0.1) is 5.10 Å². The molecular formula is C15H10N4. The lowest BCUT2D eigenvalue weighted by Crippen LogP contribution is -1.93. The van der Waals surface area contributed by atoms with E-state index in [4.69, 9.17) is 0 Å². The summed E-state index contributed by atoms with van der Waals surface area (Å²) in [6, 6.07) is 20.5. The molecule has 0 spiro atoms. The summed E-state index contributed by atoms with van der Waals surface area (Å²) in [5.41, 5.74) is 4.10. The molecule has 4 rings (SSSR count). The SMILES string of the molecule is c1ccc(-c2cc3nnnn3c3ccccc23)cc1. The molecule has 0 aliphatic carbocycles. The van der Waals surface area contributed by atoms with E-state index in [9.17, 15) is 0 Å². The monoisotopic (exact) mass is 246 g/mol. The molecule has 0 aliphatic rings. The third kappa shape index (κ3) is 1.50. The minimum Gasteiger partial charge on any atom is -0.193 e. The van der Waals surface area contributed by atoms with E-state index in [-0.39, 0.29) is 0 Å². The quantitative estimate of drug-likeness (QED) is 0.518. The van der Waals surface area contributed by atoms with Gasteiger partial charge >= 0.3 is 0 Å². The van der Waals surface area contributed by atoms with Gasteiger partial charge in [0.2, 0.25) is 0 Å². The minimum absolute atomic E-state index is 0.762. The van der Waals surface area contributed by atoms with Crippen molar-refractivity contribution in [1.82, 2.24) is 20.0 Å². The fourth-order valence-corrected chi connectivity index (χ4v) is 2.41. The molecule has 0 unspecified atom stereocenters. The Labute approximate surface area is 109 Å². The molecule has 0 atom stereocenters. The number of pyridine rings is 1. The summed E-state index contributed by atoms with van der Waals surface area (Å²) >= 11 is 0. The number of fused-ring (bicyclic) bond motifs is 3. The van der Waals surface area contributed by atoms with E-state index in [1.54, 1.807) is 4.52 Å². The van der Waals surface area contributed by atoms with E-state index >= 15 is 0 Å². The van der Waals surface area contributed by atoms with Crippen LogP contribution in [-0.4, -0.2) is 20.0 Å². The molecule has 0 N–H and O–H groups in total. The number of benzene rings is 2. The molecule has 90 valence electrons. The van der Waals surface area contributed by atoms with E-state index in [1.165, 1.54) is 5.56 Å². The molecule has 0 aliphatic heterocycles. The number of aromatic nitrogens is 4. The smallest absolute Gasteiger partial charge is 0.180 e.